The summed E-state index contributed by atoms with van der Waals surface area (Å²) in [6.07, 6.45) is -1.53. The molecule has 148 valence electrons. The number of alkyl halides is 3. The highest BCUT2D eigenvalue weighted by molar-refractivity contribution is 8.18. The van der Waals surface area contributed by atoms with Gasteiger partial charge in [-0.25, -0.2) is 0 Å². The minimum absolute atomic E-state index is 0.0317. The molecule has 9 heteroatoms. The minimum Gasteiger partial charge on any atom is -0.467 e. The van der Waals surface area contributed by atoms with Crippen molar-refractivity contribution in [1.29, 1.82) is 0 Å². The molecule has 0 N–H and O–H groups in total. The maximum atomic E-state index is 12.7. The van der Waals surface area contributed by atoms with Crippen LogP contribution in [0.5, 0.6) is 0 Å². The van der Waals surface area contributed by atoms with Gasteiger partial charge in [0.25, 0.3) is 11.1 Å². The van der Waals surface area contributed by atoms with E-state index >= 15 is 0 Å². The van der Waals surface area contributed by atoms with E-state index in [4.69, 9.17) is 8.83 Å². The number of imide groups is 1. The summed E-state index contributed by atoms with van der Waals surface area (Å²) in [6.45, 7) is 0.0317. The van der Waals surface area contributed by atoms with Crippen LogP contribution in [0.1, 0.15) is 17.1 Å². The number of furan rings is 2. The highest BCUT2D eigenvalue weighted by Gasteiger charge is 2.36. The van der Waals surface area contributed by atoms with Crippen LogP contribution in [0.25, 0.3) is 17.4 Å². The Morgan fingerprint density at radius 3 is 2.45 bits per heavy atom. The van der Waals surface area contributed by atoms with Crippen LogP contribution in [-0.4, -0.2) is 16.0 Å². The Balaban J connectivity index is 1.52. The second-order valence-corrected chi connectivity index (χ2v) is 7.12. The van der Waals surface area contributed by atoms with Gasteiger partial charge in [-0.1, -0.05) is 12.1 Å². The SMILES string of the molecule is O=C1SC(=Cc2ccc(-c3ccc(C(F)(F)F)cc3)o2)C(=O)N1Cc1ccco1. The van der Waals surface area contributed by atoms with E-state index in [1.54, 1.807) is 24.3 Å². The van der Waals surface area contributed by atoms with Crippen LogP contribution in [0.15, 0.2) is 68.5 Å². The van der Waals surface area contributed by atoms with Crippen molar-refractivity contribution in [2.24, 2.45) is 0 Å². The maximum absolute atomic E-state index is 12.7. The Bertz CT molecular complexity index is 1080. The molecule has 1 aromatic carbocycles. The van der Waals surface area contributed by atoms with Crippen molar-refractivity contribution in [3.63, 3.8) is 0 Å². The first-order valence-corrected chi connectivity index (χ1v) is 9.18. The number of rotatable bonds is 4. The molecule has 29 heavy (non-hydrogen) atoms. The van der Waals surface area contributed by atoms with Gasteiger partial charge in [0.2, 0.25) is 0 Å². The number of nitrogens with zero attached hydrogens (tertiary/aromatic N) is 1. The Kier molecular flexibility index (Phi) is 4.83. The van der Waals surface area contributed by atoms with Gasteiger partial charge in [0.1, 0.15) is 17.3 Å². The van der Waals surface area contributed by atoms with Crippen molar-refractivity contribution in [2.45, 2.75) is 12.7 Å². The number of thioether (sulfide) groups is 1. The normalized spacial score (nSPS) is 16.2. The quantitative estimate of drug-likeness (QED) is 0.501. The van der Waals surface area contributed by atoms with E-state index in [1.165, 1.54) is 24.5 Å². The number of carbonyl (C=O) groups excluding carboxylic acids is 2. The van der Waals surface area contributed by atoms with Crippen molar-refractivity contribution in [3.8, 4) is 11.3 Å². The van der Waals surface area contributed by atoms with Crippen LogP contribution in [0.2, 0.25) is 0 Å². The highest BCUT2D eigenvalue weighted by Crippen LogP contribution is 2.35. The van der Waals surface area contributed by atoms with E-state index in [0.29, 0.717) is 22.8 Å². The van der Waals surface area contributed by atoms with Gasteiger partial charge in [-0.15, -0.1) is 0 Å². The molecule has 0 spiro atoms. The van der Waals surface area contributed by atoms with Crippen LogP contribution >= 0.6 is 11.8 Å². The minimum atomic E-state index is -4.41. The van der Waals surface area contributed by atoms with Crippen LogP contribution in [0, 0.1) is 0 Å². The lowest BCUT2D eigenvalue weighted by Crippen LogP contribution is -2.27. The number of hydrogen-bond acceptors (Lipinski definition) is 5. The molecule has 3 aromatic rings. The summed E-state index contributed by atoms with van der Waals surface area (Å²) in [7, 11) is 0. The molecular formula is C20H12F3NO4S. The second-order valence-electron chi connectivity index (χ2n) is 6.12. The van der Waals surface area contributed by atoms with E-state index in [-0.39, 0.29) is 11.4 Å². The second kappa shape index (κ2) is 7.32. The third-order valence-corrected chi connectivity index (χ3v) is 5.07. The Labute approximate surface area is 166 Å². The molecule has 1 aliphatic rings. The van der Waals surface area contributed by atoms with E-state index in [9.17, 15) is 22.8 Å². The zero-order chi connectivity index (χ0) is 20.6. The standard InChI is InChI=1S/C20H12F3NO4S/c21-20(22,23)13-5-3-12(4-6-13)16-8-7-14(28-16)10-17-18(25)24(19(26)29-17)11-15-2-1-9-27-15/h1-10H,11H2. The lowest BCUT2D eigenvalue weighted by atomic mass is 10.1. The maximum Gasteiger partial charge on any atom is 0.416 e. The van der Waals surface area contributed by atoms with E-state index < -0.39 is 22.9 Å². The van der Waals surface area contributed by atoms with Gasteiger partial charge in [-0.2, -0.15) is 13.2 Å². The first-order chi connectivity index (χ1) is 13.8. The zero-order valence-corrected chi connectivity index (χ0v) is 15.4. The predicted molar refractivity (Wildman–Crippen MR) is 99.4 cm³/mol. The van der Waals surface area contributed by atoms with Gasteiger partial charge in [0.15, 0.2) is 0 Å². The topological polar surface area (TPSA) is 63.7 Å². The average Bonchev–Trinajstić information content (AvgIpc) is 3.40. The lowest BCUT2D eigenvalue weighted by Gasteiger charge is -2.09. The zero-order valence-electron chi connectivity index (χ0n) is 14.6. The fourth-order valence-corrected chi connectivity index (χ4v) is 3.55. The highest BCUT2D eigenvalue weighted by atomic mass is 32.2. The van der Waals surface area contributed by atoms with Crippen LogP contribution in [0.3, 0.4) is 0 Å². The van der Waals surface area contributed by atoms with Crippen molar-refractivity contribution in [2.75, 3.05) is 0 Å². The number of halogens is 3. The Hall–Kier alpha value is -3.20. The summed E-state index contributed by atoms with van der Waals surface area (Å²) in [5, 5.41) is -0.424. The largest absolute Gasteiger partial charge is 0.467 e. The van der Waals surface area contributed by atoms with Crippen LogP contribution in [0.4, 0.5) is 18.0 Å². The number of amides is 2. The number of carbonyl (C=O) groups is 2. The van der Waals surface area contributed by atoms with Crippen molar-refractivity contribution >= 4 is 29.0 Å². The van der Waals surface area contributed by atoms with Gasteiger partial charge in [0.05, 0.1) is 23.3 Å². The van der Waals surface area contributed by atoms with Crippen molar-refractivity contribution in [1.82, 2.24) is 4.90 Å². The molecule has 4 rings (SSSR count). The summed E-state index contributed by atoms with van der Waals surface area (Å²) >= 11 is 0.780. The molecule has 0 bridgehead atoms. The van der Waals surface area contributed by atoms with Crippen molar-refractivity contribution in [3.05, 3.63) is 76.8 Å². The van der Waals surface area contributed by atoms with E-state index in [0.717, 1.165) is 28.8 Å². The summed E-state index contributed by atoms with van der Waals surface area (Å²) in [4.78, 5) is 25.8. The Morgan fingerprint density at radius 2 is 1.79 bits per heavy atom. The molecule has 0 aliphatic carbocycles. The molecule has 0 radical (unpaired) electrons. The molecule has 0 atom stereocenters. The van der Waals surface area contributed by atoms with E-state index in [1.807, 2.05) is 0 Å². The van der Waals surface area contributed by atoms with Gasteiger partial charge in [0, 0.05) is 11.6 Å². The third-order valence-electron chi connectivity index (χ3n) is 4.16. The van der Waals surface area contributed by atoms with Gasteiger partial charge in [-0.3, -0.25) is 14.5 Å². The molecule has 0 saturated carbocycles. The molecule has 5 nitrogen and oxygen atoms in total. The van der Waals surface area contributed by atoms with Gasteiger partial charge in [-0.05, 0) is 48.2 Å². The lowest BCUT2D eigenvalue weighted by molar-refractivity contribution is -0.137. The first-order valence-electron chi connectivity index (χ1n) is 8.36. The predicted octanol–water partition coefficient (Wildman–Crippen LogP) is 5.79. The number of benzene rings is 1. The third kappa shape index (κ3) is 4.00. The van der Waals surface area contributed by atoms with Gasteiger partial charge < -0.3 is 8.83 Å². The summed E-state index contributed by atoms with van der Waals surface area (Å²) in [6, 6.07) is 11.0. The molecule has 1 aliphatic heterocycles. The molecule has 0 unspecified atom stereocenters. The molecule has 1 fully saturated rings. The summed E-state index contributed by atoms with van der Waals surface area (Å²) in [5.74, 6) is 0.670. The van der Waals surface area contributed by atoms with Crippen LogP contribution < -0.4 is 0 Å². The number of hydrogen-bond donors (Lipinski definition) is 0. The average molecular weight is 419 g/mol. The first kappa shape index (κ1) is 19.1. The monoisotopic (exact) mass is 419 g/mol. The Morgan fingerprint density at radius 1 is 1.03 bits per heavy atom. The summed E-state index contributed by atoms with van der Waals surface area (Å²) in [5.41, 5.74) is -0.290. The fraction of sp³-hybridized carbons (Fsp3) is 0.100. The van der Waals surface area contributed by atoms with Crippen molar-refractivity contribution < 1.29 is 31.6 Å². The smallest absolute Gasteiger partial charge is 0.416 e. The molecular weight excluding hydrogens is 407 g/mol. The van der Waals surface area contributed by atoms with Gasteiger partial charge >= 0.3 is 6.18 Å². The molecule has 2 amide bonds. The summed E-state index contributed by atoms with van der Waals surface area (Å²) < 4.78 is 48.8. The fourth-order valence-electron chi connectivity index (χ4n) is 2.73. The van der Waals surface area contributed by atoms with E-state index in [2.05, 4.69) is 0 Å². The molecule has 3 heterocycles. The van der Waals surface area contributed by atoms with Crippen LogP contribution in [-0.2, 0) is 17.5 Å². The molecule has 1 saturated heterocycles. The molecule has 2 aromatic heterocycles.